The van der Waals surface area contributed by atoms with Gasteiger partial charge in [0.05, 0.1) is 29.1 Å². The second-order valence-corrected chi connectivity index (χ2v) is 7.16. The maximum atomic E-state index is 13.2. The Balaban J connectivity index is 1.88. The van der Waals surface area contributed by atoms with Crippen molar-refractivity contribution in [3.8, 4) is 17.3 Å². The van der Waals surface area contributed by atoms with Gasteiger partial charge in [0.25, 0.3) is 5.56 Å². The molecular weight excluding hydrogens is 433 g/mol. The van der Waals surface area contributed by atoms with E-state index in [0.29, 0.717) is 23.4 Å². The van der Waals surface area contributed by atoms with E-state index < -0.39 is 23.2 Å². The van der Waals surface area contributed by atoms with E-state index in [1.807, 2.05) is 6.92 Å². The highest BCUT2D eigenvalue weighted by atomic mass is 19.4. The van der Waals surface area contributed by atoms with Gasteiger partial charge in [-0.3, -0.25) is 9.79 Å². The minimum absolute atomic E-state index is 0.103. The molecule has 33 heavy (non-hydrogen) atoms. The van der Waals surface area contributed by atoms with Crippen LogP contribution in [-0.4, -0.2) is 22.5 Å². The molecule has 4 rings (SSSR count). The fourth-order valence-corrected chi connectivity index (χ4v) is 3.48. The molecular formula is C25H19F3N2O3. The maximum absolute atomic E-state index is 13.2. The third kappa shape index (κ3) is 4.45. The van der Waals surface area contributed by atoms with E-state index in [9.17, 15) is 23.1 Å². The minimum Gasteiger partial charge on any atom is -0.494 e. The van der Waals surface area contributed by atoms with Crippen molar-refractivity contribution in [3.63, 3.8) is 0 Å². The average molecular weight is 452 g/mol. The van der Waals surface area contributed by atoms with Crippen LogP contribution >= 0.6 is 0 Å². The Kier molecular flexibility index (Phi) is 5.91. The first-order chi connectivity index (χ1) is 15.8. The Labute approximate surface area is 187 Å². The smallest absolute Gasteiger partial charge is 0.416 e. The molecule has 1 heterocycles. The molecule has 0 aliphatic carbocycles. The molecule has 8 heteroatoms. The molecule has 1 N–H and O–H groups in total. The lowest BCUT2D eigenvalue weighted by Crippen LogP contribution is -2.20. The van der Waals surface area contributed by atoms with Gasteiger partial charge < -0.3 is 9.84 Å². The average Bonchev–Trinajstić information content (AvgIpc) is 2.80. The topological polar surface area (TPSA) is 63.8 Å². The quantitative estimate of drug-likeness (QED) is 0.386. The van der Waals surface area contributed by atoms with Gasteiger partial charge in [0, 0.05) is 17.0 Å². The summed E-state index contributed by atoms with van der Waals surface area (Å²) >= 11 is 0. The number of benzene rings is 3. The molecule has 0 spiro atoms. The van der Waals surface area contributed by atoms with Crippen molar-refractivity contribution < 1.29 is 23.0 Å². The zero-order valence-corrected chi connectivity index (χ0v) is 17.5. The van der Waals surface area contributed by atoms with Gasteiger partial charge in [-0.1, -0.05) is 24.3 Å². The monoisotopic (exact) mass is 452 g/mol. The number of pyridine rings is 1. The lowest BCUT2D eigenvalue weighted by molar-refractivity contribution is -0.137. The van der Waals surface area contributed by atoms with Gasteiger partial charge in [-0.25, -0.2) is 4.57 Å². The number of rotatable bonds is 5. The summed E-state index contributed by atoms with van der Waals surface area (Å²) in [7, 11) is 0. The molecule has 0 unspecified atom stereocenters. The summed E-state index contributed by atoms with van der Waals surface area (Å²) < 4.78 is 45.9. The number of nitrogens with zero attached hydrogens (tertiary/aromatic N) is 2. The third-order valence-corrected chi connectivity index (χ3v) is 5.03. The van der Waals surface area contributed by atoms with Crippen LogP contribution in [0.4, 0.5) is 18.9 Å². The van der Waals surface area contributed by atoms with Gasteiger partial charge >= 0.3 is 6.18 Å². The minimum atomic E-state index is -4.59. The number of halogens is 3. The Morgan fingerprint density at radius 2 is 1.70 bits per heavy atom. The van der Waals surface area contributed by atoms with Crippen LogP contribution in [0.3, 0.4) is 0 Å². The molecule has 0 aliphatic rings. The molecule has 0 bridgehead atoms. The molecule has 3 aromatic carbocycles. The van der Waals surface area contributed by atoms with Crippen LogP contribution in [0, 0.1) is 0 Å². The normalized spacial score (nSPS) is 11.9. The lowest BCUT2D eigenvalue weighted by Gasteiger charge is -2.15. The van der Waals surface area contributed by atoms with Crippen LogP contribution < -0.4 is 10.3 Å². The summed E-state index contributed by atoms with van der Waals surface area (Å²) in [5.74, 6) is 0.176. The van der Waals surface area contributed by atoms with Crippen LogP contribution in [0.5, 0.6) is 11.6 Å². The predicted molar refractivity (Wildman–Crippen MR) is 121 cm³/mol. The number of aromatic nitrogens is 1. The van der Waals surface area contributed by atoms with Crippen LogP contribution in [0.2, 0.25) is 0 Å². The standard InChI is InChI=1S/C25H19F3N2O3/c1-2-33-19-12-10-17(11-13-19)29-15-22-20-8-3-4-9-21(20)23(31)30(24(22)32)18-7-5-6-16(14-18)25(26,27)28/h3-15,32H,2H2,1H3. The second kappa shape index (κ2) is 8.82. The van der Waals surface area contributed by atoms with Crippen molar-refractivity contribution in [3.05, 3.63) is 94.3 Å². The molecule has 0 amide bonds. The number of hydrogen-bond donors (Lipinski definition) is 1. The van der Waals surface area contributed by atoms with Crippen LogP contribution in [0.1, 0.15) is 18.1 Å². The summed E-state index contributed by atoms with van der Waals surface area (Å²) in [5.41, 5.74) is -0.895. The molecule has 0 atom stereocenters. The molecule has 0 saturated heterocycles. The molecule has 5 nitrogen and oxygen atoms in total. The zero-order valence-electron chi connectivity index (χ0n) is 17.5. The Morgan fingerprint density at radius 1 is 1.00 bits per heavy atom. The number of hydrogen-bond acceptors (Lipinski definition) is 4. The third-order valence-electron chi connectivity index (χ3n) is 5.03. The highest BCUT2D eigenvalue weighted by molar-refractivity contribution is 6.02. The molecule has 0 radical (unpaired) electrons. The number of aliphatic imine (C=N–C) groups is 1. The predicted octanol–water partition coefficient (Wildman–Crippen LogP) is 5.86. The van der Waals surface area contributed by atoms with Gasteiger partial charge in [0.1, 0.15) is 5.75 Å². The molecule has 0 fully saturated rings. The van der Waals surface area contributed by atoms with Gasteiger partial charge in [0.2, 0.25) is 5.88 Å². The number of alkyl halides is 3. The summed E-state index contributed by atoms with van der Waals surface area (Å²) in [4.78, 5) is 17.5. The molecule has 0 aliphatic heterocycles. The molecule has 168 valence electrons. The Morgan fingerprint density at radius 3 is 2.36 bits per heavy atom. The summed E-state index contributed by atoms with van der Waals surface area (Å²) in [6.07, 6.45) is -3.21. The van der Waals surface area contributed by atoms with E-state index in [2.05, 4.69) is 4.99 Å². The summed E-state index contributed by atoms with van der Waals surface area (Å²) in [6, 6.07) is 17.7. The Bertz CT molecular complexity index is 1390. The van der Waals surface area contributed by atoms with Crippen molar-refractivity contribution >= 4 is 22.7 Å². The molecule has 1 aromatic heterocycles. The fraction of sp³-hybridized carbons (Fsp3) is 0.120. The molecule has 0 saturated carbocycles. The summed E-state index contributed by atoms with van der Waals surface area (Å²) in [6.45, 7) is 2.40. The zero-order chi connectivity index (χ0) is 23.6. The highest BCUT2D eigenvalue weighted by Crippen LogP contribution is 2.32. The number of ether oxygens (including phenoxy) is 1. The maximum Gasteiger partial charge on any atom is 0.416 e. The van der Waals surface area contributed by atoms with Crippen LogP contribution in [-0.2, 0) is 6.18 Å². The largest absolute Gasteiger partial charge is 0.494 e. The SMILES string of the molecule is CCOc1ccc(N=Cc2c(O)n(-c3cccc(C(F)(F)F)c3)c(=O)c3ccccc23)cc1. The van der Waals surface area contributed by atoms with E-state index in [1.165, 1.54) is 18.3 Å². The second-order valence-electron chi connectivity index (χ2n) is 7.16. The fourth-order valence-electron chi connectivity index (χ4n) is 3.48. The van der Waals surface area contributed by atoms with E-state index in [4.69, 9.17) is 4.74 Å². The van der Waals surface area contributed by atoms with E-state index in [0.717, 1.165) is 16.7 Å². The first-order valence-electron chi connectivity index (χ1n) is 10.1. The van der Waals surface area contributed by atoms with Gasteiger partial charge in [0.15, 0.2) is 0 Å². The van der Waals surface area contributed by atoms with Gasteiger partial charge in [-0.15, -0.1) is 0 Å². The first kappa shape index (κ1) is 22.1. The van der Waals surface area contributed by atoms with E-state index in [1.54, 1.807) is 48.5 Å². The van der Waals surface area contributed by atoms with E-state index in [-0.39, 0.29) is 16.6 Å². The summed E-state index contributed by atoms with van der Waals surface area (Å²) in [5, 5.41) is 11.6. The van der Waals surface area contributed by atoms with E-state index >= 15 is 0 Å². The van der Waals surface area contributed by atoms with Crippen LogP contribution in [0.15, 0.2) is 82.6 Å². The van der Waals surface area contributed by atoms with Gasteiger partial charge in [-0.05, 0) is 55.5 Å². The van der Waals surface area contributed by atoms with Crippen molar-refractivity contribution in [2.45, 2.75) is 13.1 Å². The van der Waals surface area contributed by atoms with Crippen LogP contribution in [0.25, 0.3) is 16.5 Å². The first-order valence-corrected chi connectivity index (χ1v) is 10.1. The van der Waals surface area contributed by atoms with Crippen molar-refractivity contribution in [2.24, 2.45) is 4.99 Å². The Hall–Kier alpha value is -4.07. The number of fused-ring (bicyclic) bond motifs is 1. The van der Waals surface area contributed by atoms with Crippen molar-refractivity contribution in [2.75, 3.05) is 6.61 Å². The van der Waals surface area contributed by atoms with Crippen molar-refractivity contribution in [1.82, 2.24) is 4.57 Å². The van der Waals surface area contributed by atoms with Gasteiger partial charge in [-0.2, -0.15) is 13.2 Å². The number of aromatic hydroxyl groups is 1. The highest BCUT2D eigenvalue weighted by Gasteiger charge is 2.31. The lowest BCUT2D eigenvalue weighted by atomic mass is 10.1. The molecule has 4 aromatic rings. The van der Waals surface area contributed by atoms with Crippen molar-refractivity contribution in [1.29, 1.82) is 0 Å².